The summed E-state index contributed by atoms with van der Waals surface area (Å²) in [5.74, 6) is 1.60. The smallest absolute Gasteiger partial charge is 0.407 e. The number of rotatable bonds is 7. The Labute approximate surface area is 215 Å². The van der Waals surface area contributed by atoms with E-state index in [0.717, 1.165) is 56.3 Å². The molecule has 1 aromatic carbocycles. The molecule has 2 saturated carbocycles. The van der Waals surface area contributed by atoms with Crippen LogP contribution in [0, 0.1) is 5.92 Å². The number of nitrogens with zero attached hydrogens (tertiary/aromatic N) is 2. The lowest BCUT2D eigenvalue weighted by molar-refractivity contribution is -0.146. The highest BCUT2D eigenvalue weighted by molar-refractivity contribution is 5.89. The maximum absolute atomic E-state index is 13.7. The Morgan fingerprint density at radius 3 is 2.39 bits per heavy atom. The first-order valence-electron chi connectivity index (χ1n) is 13.3. The number of carbonyl (C=O) groups is 2. The van der Waals surface area contributed by atoms with Gasteiger partial charge in [-0.05, 0) is 74.0 Å². The van der Waals surface area contributed by atoms with Crippen molar-refractivity contribution in [3.05, 3.63) is 59.8 Å². The summed E-state index contributed by atoms with van der Waals surface area (Å²) >= 11 is 0. The van der Waals surface area contributed by atoms with E-state index in [1.54, 1.807) is 0 Å². The van der Waals surface area contributed by atoms with Crippen LogP contribution in [0.25, 0.3) is 0 Å². The van der Waals surface area contributed by atoms with Gasteiger partial charge in [0, 0.05) is 39.8 Å². The van der Waals surface area contributed by atoms with Gasteiger partial charge in [0.2, 0.25) is 0 Å². The molecule has 1 aromatic heterocycles. The second-order valence-corrected chi connectivity index (χ2v) is 10.5. The van der Waals surface area contributed by atoms with Crippen LogP contribution in [-0.4, -0.2) is 50.3 Å². The van der Waals surface area contributed by atoms with Gasteiger partial charge in [-0.1, -0.05) is 42.8 Å². The predicted molar refractivity (Wildman–Crippen MR) is 142 cm³/mol. The van der Waals surface area contributed by atoms with Crippen LogP contribution in [0.1, 0.15) is 74.3 Å². The minimum absolute atomic E-state index is 0.155. The zero-order chi connectivity index (χ0) is 25.5. The molecule has 2 fully saturated rings. The molecule has 36 heavy (non-hydrogen) atoms. The first-order chi connectivity index (χ1) is 17.4. The monoisotopic (exact) mass is 492 g/mol. The number of hydrogen-bond donors (Lipinski definition) is 2. The summed E-state index contributed by atoms with van der Waals surface area (Å²) in [7, 11) is 5.54. The predicted octanol–water partition coefficient (Wildman–Crippen LogP) is 4.99. The number of pyridine rings is 1. The number of alkyl carbamates (subject to hydrolysis) is 1. The molecule has 0 aliphatic heterocycles. The molecule has 0 bridgehead atoms. The van der Waals surface area contributed by atoms with Gasteiger partial charge in [0.1, 0.15) is 5.82 Å². The van der Waals surface area contributed by atoms with E-state index in [0.29, 0.717) is 24.8 Å². The van der Waals surface area contributed by atoms with Crippen LogP contribution in [0.5, 0.6) is 0 Å². The van der Waals surface area contributed by atoms with Crippen LogP contribution >= 0.6 is 0 Å². The van der Waals surface area contributed by atoms with Gasteiger partial charge in [-0.2, -0.15) is 0 Å². The molecule has 7 heteroatoms. The van der Waals surface area contributed by atoms with E-state index in [-0.39, 0.29) is 11.8 Å². The number of anilines is 1. The number of amides is 2. The number of aromatic nitrogens is 1. The molecule has 2 unspecified atom stereocenters. The van der Waals surface area contributed by atoms with Crippen LogP contribution < -0.4 is 15.5 Å². The summed E-state index contributed by atoms with van der Waals surface area (Å²) in [6.07, 6.45) is 9.00. The lowest BCUT2D eigenvalue weighted by Gasteiger charge is -2.42. The first-order valence-corrected chi connectivity index (χ1v) is 13.3. The average molecular weight is 493 g/mol. The topological polar surface area (TPSA) is 83.6 Å². The Kier molecular flexibility index (Phi) is 8.49. The maximum atomic E-state index is 13.7. The minimum Gasteiger partial charge on any atom is -0.432 e. The third-order valence-electron chi connectivity index (χ3n) is 8.02. The van der Waals surface area contributed by atoms with Gasteiger partial charge in [-0.3, -0.25) is 4.79 Å². The van der Waals surface area contributed by atoms with Gasteiger partial charge in [0.15, 0.2) is 5.60 Å². The summed E-state index contributed by atoms with van der Waals surface area (Å²) in [5, 5.41) is 5.76. The van der Waals surface area contributed by atoms with Crippen molar-refractivity contribution in [2.75, 3.05) is 32.6 Å². The molecule has 2 aliphatic carbocycles. The molecular formula is C29H40N4O3. The highest BCUT2D eigenvalue weighted by Gasteiger charge is 2.51. The Balaban J connectivity index is 1.40. The van der Waals surface area contributed by atoms with Gasteiger partial charge in [0.05, 0.1) is 0 Å². The van der Waals surface area contributed by atoms with E-state index in [1.165, 1.54) is 12.6 Å². The summed E-state index contributed by atoms with van der Waals surface area (Å²) in [4.78, 5) is 32.7. The third-order valence-corrected chi connectivity index (χ3v) is 8.02. The standard InChI is InChI=1S/C29H40N4O3/c1-30-28(35)36-29(18-8-7-11-25(29)23-9-5-4-6-10-23)27(34)32-19-21-12-14-22(15-13-21)24-16-17-26(31-20-24)33(2)3/h4-6,9-10,16-17,20-22,25H,7-8,11-15,18-19H2,1-3H3,(H,30,35)(H,32,34)/t21-,22-,25?,29?. The largest absolute Gasteiger partial charge is 0.432 e. The number of ether oxygens (including phenoxy) is 1. The van der Waals surface area contributed by atoms with Crippen molar-refractivity contribution in [3.8, 4) is 0 Å². The molecular weight excluding hydrogens is 452 g/mol. The Bertz CT molecular complexity index is 1000. The van der Waals surface area contributed by atoms with E-state index < -0.39 is 11.7 Å². The molecule has 1 heterocycles. The lowest BCUT2D eigenvalue weighted by Crippen LogP contribution is -2.56. The zero-order valence-electron chi connectivity index (χ0n) is 21.8. The molecule has 194 valence electrons. The third kappa shape index (κ3) is 5.82. The van der Waals surface area contributed by atoms with E-state index in [2.05, 4.69) is 27.8 Å². The van der Waals surface area contributed by atoms with Crippen molar-refractivity contribution in [2.45, 2.75) is 68.8 Å². The molecule has 2 N–H and O–H groups in total. The normalized spacial score (nSPS) is 26.0. The van der Waals surface area contributed by atoms with Crippen molar-refractivity contribution in [3.63, 3.8) is 0 Å². The highest BCUT2D eigenvalue weighted by atomic mass is 16.6. The Morgan fingerprint density at radius 2 is 1.75 bits per heavy atom. The molecule has 2 atom stereocenters. The van der Waals surface area contributed by atoms with Gasteiger partial charge in [0.25, 0.3) is 5.91 Å². The molecule has 0 saturated heterocycles. The van der Waals surface area contributed by atoms with E-state index in [9.17, 15) is 9.59 Å². The first kappa shape index (κ1) is 26.0. The zero-order valence-corrected chi connectivity index (χ0v) is 21.8. The highest BCUT2D eigenvalue weighted by Crippen LogP contribution is 2.44. The van der Waals surface area contributed by atoms with Crippen LogP contribution in [0.3, 0.4) is 0 Å². The van der Waals surface area contributed by atoms with Gasteiger partial charge in [-0.15, -0.1) is 0 Å². The SMILES string of the molecule is CNC(=O)OC1(C(=O)NC[C@H]2CC[C@H](c3ccc(N(C)C)nc3)CC2)CCCCC1c1ccccc1. The minimum atomic E-state index is -1.18. The Morgan fingerprint density at radius 1 is 1.00 bits per heavy atom. The van der Waals surface area contributed by atoms with Crippen molar-refractivity contribution in [1.29, 1.82) is 0 Å². The summed E-state index contributed by atoms with van der Waals surface area (Å²) < 4.78 is 5.93. The molecule has 2 amide bonds. The van der Waals surface area contributed by atoms with Crippen molar-refractivity contribution < 1.29 is 14.3 Å². The van der Waals surface area contributed by atoms with Crippen molar-refractivity contribution in [1.82, 2.24) is 15.6 Å². The maximum Gasteiger partial charge on any atom is 0.407 e. The quantitative estimate of drug-likeness (QED) is 0.569. The van der Waals surface area contributed by atoms with Crippen LogP contribution in [0.2, 0.25) is 0 Å². The van der Waals surface area contributed by atoms with E-state index in [1.807, 2.05) is 55.5 Å². The van der Waals surface area contributed by atoms with Crippen LogP contribution in [0.15, 0.2) is 48.7 Å². The van der Waals surface area contributed by atoms with Gasteiger partial charge in [-0.25, -0.2) is 9.78 Å². The van der Waals surface area contributed by atoms with Crippen LogP contribution in [-0.2, 0) is 9.53 Å². The molecule has 0 radical (unpaired) electrons. The fraction of sp³-hybridized carbons (Fsp3) is 0.552. The lowest BCUT2D eigenvalue weighted by atomic mass is 9.71. The summed E-state index contributed by atoms with van der Waals surface area (Å²) in [6.45, 7) is 0.615. The van der Waals surface area contributed by atoms with Crippen molar-refractivity contribution >= 4 is 17.8 Å². The molecule has 4 rings (SSSR count). The second-order valence-electron chi connectivity index (χ2n) is 10.5. The average Bonchev–Trinajstić information content (AvgIpc) is 2.92. The second kappa shape index (κ2) is 11.8. The van der Waals surface area contributed by atoms with Gasteiger partial charge < -0.3 is 20.3 Å². The van der Waals surface area contributed by atoms with Crippen LogP contribution in [0.4, 0.5) is 10.6 Å². The molecule has 2 aliphatic rings. The molecule has 7 nitrogen and oxygen atoms in total. The summed E-state index contributed by atoms with van der Waals surface area (Å²) in [6, 6.07) is 14.3. The van der Waals surface area contributed by atoms with Gasteiger partial charge >= 0.3 is 6.09 Å². The number of benzene rings is 1. The van der Waals surface area contributed by atoms with E-state index in [4.69, 9.17) is 4.74 Å². The number of nitrogens with one attached hydrogen (secondary N) is 2. The number of carbonyl (C=O) groups excluding carboxylic acids is 2. The van der Waals surface area contributed by atoms with E-state index >= 15 is 0 Å². The molecule has 0 spiro atoms. The van der Waals surface area contributed by atoms with Crippen molar-refractivity contribution in [2.24, 2.45) is 5.92 Å². The molecule has 2 aromatic rings. The number of hydrogen-bond acceptors (Lipinski definition) is 5. The fourth-order valence-electron chi connectivity index (χ4n) is 5.91. The Hall–Kier alpha value is -3.09. The summed E-state index contributed by atoms with van der Waals surface area (Å²) in [5.41, 5.74) is 1.16. The fourth-order valence-corrected chi connectivity index (χ4v) is 5.91.